The summed E-state index contributed by atoms with van der Waals surface area (Å²) in [6.07, 6.45) is 2.40. The number of rotatable bonds is 5. The van der Waals surface area contributed by atoms with E-state index < -0.39 is 11.8 Å². The van der Waals surface area contributed by atoms with Crippen molar-refractivity contribution in [2.45, 2.75) is 31.7 Å². The van der Waals surface area contributed by atoms with E-state index in [0.717, 1.165) is 6.07 Å². The summed E-state index contributed by atoms with van der Waals surface area (Å²) >= 11 is 5.80. The normalized spacial score (nSPS) is 21.2. The standard InChI is InChI=1S/C15H17ClFNO4/c16-12-7-10(17)3-6-13(12)22-8-14(19)18-11-4-1-9(2-5-11)15(20)21/h3,6-7,9,11H,1-2,4-5,8H2,(H,18,19)(H,20,21). The number of halogens is 2. The Morgan fingerprint density at radius 3 is 2.59 bits per heavy atom. The van der Waals surface area contributed by atoms with Gasteiger partial charge in [0.25, 0.3) is 5.91 Å². The molecule has 0 saturated heterocycles. The van der Waals surface area contributed by atoms with Gasteiger partial charge in [-0.2, -0.15) is 0 Å². The Morgan fingerprint density at radius 1 is 1.32 bits per heavy atom. The summed E-state index contributed by atoms with van der Waals surface area (Å²) in [5.41, 5.74) is 0. The van der Waals surface area contributed by atoms with Gasteiger partial charge in [-0.25, -0.2) is 4.39 Å². The fraction of sp³-hybridized carbons (Fsp3) is 0.467. The van der Waals surface area contributed by atoms with Gasteiger partial charge in [0.05, 0.1) is 10.9 Å². The SMILES string of the molecule is O=C(COc1ccc(F)cc1Cl)NC1CCC(C(=O)O)CC1. The number of amides is 1. The third kappa shape index (κ3) is 4.59. The summed E-state index contributed by atoms with van der Waals surface area (Å²) in [6, 6.07) is 3.65. The first-order chi connectivity index (χ1) is 10.5. The lowest BCUT2D eigenvalue weighted by atomic mass is 9.86. The predicted molar refractivity (Wildman–Crippen MR) is 78.4 cm³/mol. The summed E-state index contributed by atoms with van der Waals surface area (Å²) in [5, 5.41) is 11.8. The topological polar surface area (TPSA) is 75.6 Å². The van der Waals surface area contributed by atoms with E-state index in [9.17, 15) is 14.0 Å². The van der Waals surface area contributed by atoms with E-state index in [1.54, 1.807) is 0 Å². The minimum Gasteiger partial charge on any atom is -0.482 e. The number of carboxylic acids is 1. The highest BCUT2D eigenvalue weighted by Gasteiger charge is 2.26. The predicted octanol–water partition coefficient (Wildman–Crippen LogP) is 2.62. The van der Waals surface area contributed by atoms with Gasteiger partial charge in [0.1, 0.15) is 11.6 Å². The highest BCUT2D eigenvalue weighted by Crippen LogP contribution is 2.25. The number of benzene rings is 1. The molecule has 1 aromatic rings. The Hall–Kier alpha value is -1.82. The van der Waals surface area contributed by atoms with Gasteiger partial charge in [0, 0.05) is 6.04 Å². The minimum absolute atomic E-state index is 0.0320. The average Bonchev–Trinajstić information content (AvgIpc) is 2.47. The maximum atomic E-state index is 12.9. The molecule has 1 saturated carbocycles. The zero-order chi connectivity index (χ0) is 16.1. The van der Waals surface area contributed by atoms with Crippen molar-refractivity contribution in [3.05, 3.63) is 29.0 Å². The monoisotopic (exact) mass is 329 g/mol. The third-order valence-electron chi connectivity index (χ3n) is 3.69. The van der Waals surface area contributed by atoms with Gasteiger partial charge >= 0.3 is 5.97 Å². The molecule has 0 spiro atoms. The van der Waals surface area contributed by atoms with Crippen molar-refractivity contribution in [3.63, 3.8) is 0 Å². The number of ether oxygens (including phenoxy) is 1. The molecule has 22 heavy (non-hydrogen) atoms. The molecule has 0 bridgehead atoms. The molecule has 0 aromatic heterocycles. The Morgan fingerprint density at radius 2 is 2.00 bits per heavy atom. The Kier molecular flexibility index (Phi) is 5.60. The molecule has 2 N–H and O–H groups in total. The van der Waals surface area contributed by atoms with Crippen molar-refractivity contribution in [3.8, 4) is 5.75 Å². The van der Waals surface area contributed by atoms with E-state index in [4.69, 9.17) is 21.4 Å². The number of carbonyl (C=O) groups excluding carboxylic acids is 1. The van der Waals surface area contributed by atoms with Crippen molar-refractivity contribution in [2.75, 3.05) is 6.61 Å². The van der Waals surface area contributed by atoms with Gasteiger partial charge in [-0.15, -0.1) is 0 Å². The number of hydrogen-bond donors (Lipinski definition) is 2. The zero-order valence-corrected chi connectivity index (χ0v) is 12.6. The highest BCUT2D eigenvalue weighted by molar-refractivity contribution is 6.32. The average molecular weight is 330 g/mol. The molecule has 5 nitrogen and oxygen atoms in total. The Bertz CT molecular complexity index is 558. The molecule has 120 valence electrons. The van der Waals surface area contributed by atoms with Crippen LogP contribution >= 0.6 is 11.6 Å². The number of aliphatic carboxylic acids is 1. The van der Waals surface area contributed by atoms with E-state index in [0.29, 0.717) is 25.7 Å². The molecule has 7 heteroatoms. The largest absolute Gasteiger partial charge is 0.482 e. The van der Waals surface area contributed by atoms with Crippen LogP contribution in [0.15, 0.2) is 18.2 Å². The molecule has 1 aliphatic carbocycles. The Labute approximate surface area is 132 Å². The smallest absolute Gasteiger partial charge is 0.306 e. The van der Waals surface area contributed by atoms with Gasteiger partial charge in [0.2, 0.25) is 0 Å². The number of hydrogen-bond acceptors (Lipinski definition) is 3. The van der Waals surface area contributed by atoms with Crippen LogP contribution in [0, 0.1) is 11.7 Å². The molecule has 1 fully saturated rings. The molecule has 1 aliphatic rings. The Balaban J connectivity index is 1.75. The van der Waals surface area contributed by atoms with Crippen molar-refractivity contribution >= 4 is 23.5 Å². The number of carboxylic acid groups (broad SMARTS) is 1. The number of carbonyl (C=O) groups is 2. The van der Waals surface area contributed by atoms with Crippen LogP contribution in [-0.4, -0.2) is 29.6 Å². The van der Waals surface area contributed by atoms with Crippen molar-refractivity contribution in [2.24, 2.45) is 5.92 Å². The van der Waals surface area contributed by atoms with E-state index in [2.05, 4.69) is 5.32 Å². The molecule has 0 radical (unpaired) electrons. The van der Waals surface area contributed by atoms with E-state index in [1.165, 1.54) is 12.1 Å². The summed E-state index contributed by atoms with van der Waals surface area (Å²) in [7, 11) is 0. The van der Waals surface area contributed by atoms with Crippen LogP contribution in [0.5, 0.6) is 5.75 Å². The maximum Gasteiger partial charge on any atom is 0.306 e. The molecule has 2 rings (SSSR count). The zero-order valence-electron chi connectivity index (χ0n) is 11.9. The molecule has 1 aromatic carbocycles. The number of nitrogens with one attached hydrogen (secondary N) is 1. The second kappa shape index (κ2) is 7.45. The molecular formula is C15H17ClFNO4. The van der Waals surface area contributed by atoms with Crippen molar-refractivity contribution in [1.29, 1.82) is 0 Å². The van der Waals surface area contributed by atoms with E-state index in [1.807, 2.05) is 0 Å². The molecule has 0 aliphatic heterocycles. The van der Waals surface area contributed by atoms with Crippen LogP contribution in [0.25, 0.3) is 0 Å². The quantitative estimate of drug-likeness (QED) is 0.870. The maximum absolute atomic E-state index is 12.9. The highest BCUT2D eigenvalue weighted by atomic mass is 35.5. The van der Waals surface area contributed by atoms with Crippen LogP contribution in [-0.2, 0) is 9.59 Å². The van der Waals surface area contributed by atoms with Gasteiger partial charge in [-0.05, 0) is 43.9 Å². The second-order valence-corrected chi connectivity index (χ2v) is 5.72. The first kappa shape index (κ1) is 16.5. The first-order valence-corrected chi connectivity index (χ1v) is 7.43. The molecule has 0 unspecified atom stereocenters. The fourth-order valence-electron chi connectivity index (χ4n) is 2.49. The van der Waals surface area contributed by atoms with Crippen LogP contribution in [0.1, 0.15) is 25.7 Å². The fourth-order valence-corrected chi connectivity index (χ4v) is 2.71. The summed E-state index contributed by atoms with van der Waals surface area (Å²) in [6.45, 7) is -0.218. The lowest BCUT2D eigenvalue weighted by Crippen LogP contribution is -2.40. The van der Waals surface area contributed by atoms with Crippen LogP contribution in [0.2, 0.25) is 5.02 Å². The lowest BCUT2D eigenvalue weighted by molar-refractivity contribution is -0.142. The molecule has 0 heterocycles. The van der Waals surface area contributed by atoms with Crippen molar-refractivity contribution < 1.29 is 23.8 Å². The molecule has 0 atom stereocenters. The van der Waals surface area contributed by atoms with Crippen molar-refractivity contribution in [1.82, 2.24) is 5.32 Å². The van der Waals surface area contributed by atoms with Gasteiger partial charge in [-0.3, -0.25) is 9.59 Å². The van der Waals surface area contributed by atoms with Crippen LogP contribution in [0.3, 0.4) is 0 Å². The van der Waals surface area contributed by atoms with Gasteiger partial charge < -0.3 is 15.2 Å². The lowest BCUT2D eigenvalue weighted by Gasteiger charge is -2.26. The first-order valence-electron chi connectivity index (χ1n) is 7.05. The van der Waals surface area contributed by atoms with Gasteiger partial charge in [-0.1, -0.05) is 11.6 Å². The van der Waals surface area contributed by atoms with Crippen LogP contribution < -0.4 is 10.1 Å². The third-order valence-corrected chi connectivity index (χ3v) is 3.99. The van der Waals surface area contributed by atoms with E-state index >= 15 is 0 Å². The summed E-state index contributed by atoms with van der Waals surface area (Å²) in [5.74, 6) is -1.63. The van der Waals surface area contributed by atoms with Gasteiger partial charge in [0.15, 0.2) is 6.61 Å². The van der Waals surface area contributed by atoms with Crippen LogP contribution in [0.4, 0.5) is 4.39 Å². The van der Waals surface area contributed by atoms with E-state index in [-0.39, 0.29) is 35.2 Å². The molecule has 1 amide bonds. The molecular weight excluding hydrogens is 313 g/mol. The second-order valence-electron chi connectivity index (χ2n) is 5.32. The minimum atomic E-state index is -0.779. The summed E-state index contributed by atoms with van der Waals surface area (Å²) < 4.78 is 18.1. The summed E-state index contributed by atoms with van der Waals surface area (Å²) in [4.78, 5) is 22.7.